The smallest absolute Gasteiger partial charge is 0.223 e. The van der Waals surface area contributed by atoms with Crippen molar-refractivity contribution >= 4 is 5.91 Å². The van der Waals surface area contributed by atoms with E-state index in [0.717, 1.165) is 30.5 Å². The zero-order chi connectivity index (χ0) is 17.9. The van der Waals surface area contributed by atoms with Crippen molar-refractivity contribution in [1.82, 2.24) is 15.1 Å². The second-order valence-corrected chi connectivity index (χ2v) is 7.87. The van der Waals surface area contributed by atoms with Gasteiger partial charge in [-0.1, -0.05) is 24.6 Å². The minimum absolute atomic E-state index is 0.150. The Hall–Kier alpha value is -2.14. The van der Waals surface area contributed by atoms with Crippen LogP contribution in [0.4, 0.5) is 0 Å². The largest absolute Gasteiger partial charge is 0.356 e. The van der Waals surface area contributed by atoms with Gasteiger partial charge in [0.15, 0.2) is 0 Å². The summed E-state index contributed by atoms with van der Waals surface area (Å²) in [6.07, 6.45) is 10.3. The molecule has 26 heavy (non-hydrogen) atoms. The van der Waals surface area contributed by atoms with Crippen LogP contribution in [0, 0.1) is 17.8 Å². The molecule has 1 aromatic heterocycles. The number of para-hydroxylation sites is 1. The Morgan fingerprint density at radius 2 is 1.92 bits per heavy atom. The first-order valence-electron chi connectivity index (χ1n) is 9.83. The van der Waals surface area contributed by atoms with Crippen molar-refractivity contribution in [2.45, 2.75) is 44.6 Å². The van der Waals surface area contributed by atoms with Crippen LogP contribution >= 0.6 is 0 Å². The average molecular weight is 352 g/mol. The number of nitrogens with two attached hydrogens (primary N) is 1. The predicted molar refractivity (Wildman–Crippen MR) is 102 cm³/mol. The van der Waals surface area contributed by atoms with E-state index in [2.05, 4.69) is 10.4 Å². The number of fused-ring (bicyclic) bond motifs is 2. The first kappa shape index (κ1) is 17.3. The molecule has 2 fully saturated rings. The van der Waals surface area contributed by atoms with Gasteiger partial charge in [-0.2, -0.15) is 5.10 Å². The zero-order valence-corrected chi connectivity index (χ0v) is 15.2. The Morgan fingerprint density at radius 3 is 2.65 bits per heavy atom. The molecule has 2 bridgehead atoms. The summed E-state index contributed by atoms with van der Waals surface area (Å²) in [5, 5.41) is 7.55. The molecule has 0 spiro atoms. The van der Waals surface area contributed by atoms with Crippen LogP contribution < -0.4 is 11.1 Å². The normalized spacial score (nSPS) is 27.9. The van der Waals surface area contributed by atoms with Crippen LogP contribution in [0.25, 0.3) is 5.69 Å². The Bertz CT molecular complexity index is 727. The maximum absolute atomic E-state index is 12.6. The summed E-state index contributed by atoms with van der Waals surface area (Å²) in [5.74, 6) is 1.45. The summed E-state index contributed by atoms with van der Waals surface area (Å²) >= 11 is 0. The summed E-state index contributed by atoms with van der Waals surface area (Å²) in [6, 6.07) is 10.4. The number of nitrogens with zero attached hydrogens (tertiary/aromatic N) is 2. The van der Waals surface area contributed by atoms with E-state index in [4.69, 9.17) is 5.73 Å². The number of hydrogen-bond acceptors (Lipinski definition) is 3. The minimum Gasteiger partial charge on any atom is -0.356 e. The average Bonchev–Trinajstić information content (AvgIpc) is 3.11. The van der Waals surface area contributed by atoms with Gasteiger partial charge in [-0.05, 0) is 61.6 Å². The molecule has 0 aliphatic heterocycles. The molecule has 1 aromatic carbocycles. The van der Waals surface area contributed by atoms with Crippen molar-refractivity contribution in [1.29, 1.82) is 0 Å². The molecule has 0 saturated heterocycles. The van der Waals surface area contributed by atoms with E-state index >= 15 is 0 Å². The third-order valence-corrected chi connectivity index (χ3v) is 6.15. The number of rotatable bonds is 5. The van der Waals surface area contributed by atoms with Crippen molar-refractivity contribution in [3.05, 3.63) is 48.3 Å². The summed E-state index contributed by atoms with van der Waals surface area (Å²) in [7, 11) is 0. The first-order chi connectivity index (χ1) is 12.7. The van der Waals surface area contributed by atoms with Crippen LogP contribution in [-0.2, 0) is 11.2 Å². The van der Waals surface area contributed by atoms with Gasteiger partial charge in [-0.25, -0.2) is 4.68 Å². The van der Waals surface area contributed by atoms with E-state index in [1.165, 1.54) is 19.3 Å². The van der Waals surface area contributed by atoms with E-state index < -0.39 is 0 Å². The van der Waals surface area contributed by atoms with E-state index in [1.807, 2.05) is 47.4 Å². The molecule has 2 aromatic rings. The molecule has 5 nitrogen and oxygen atoms in total. The predicted octanol–water partition coefficient (Wildman–Crippen LogP) is 2.68. The van der Waals surface area contributed by atoms with Crippen molar-refractivity contribution < 1.29 is 4.79 Å². The third-order valence-electron chi connectivity index (χ3n) is 6.15. The molecule has 4 rings (SSSR count). The Kier molecular flexibility index (Phi) is 5.07. The van der Waals surface area contributed by atoms with Gasteiger partial charge in [-0.3, -0.25) is 4.79 Å². The van der Waals surface area contributed by atoms with Crippen molar-refractivity contribution in [2.24, 2.45) is 23.5 Å². The molecule has 2 aliphatic rings. The lowest BCUT2D eigenvalue weighted by Gasteiger charge is -2.43. The highest BCUT2D eigenvalue weighted by Gasteiger charge is 2.40. The molecule has 5 heteroatoms. The molecule has 1 heterocycles. The summed E-state index contributed by atoms with van der Waals surface area (Å²) in [6.45, 7) is 0.664. The van der Waals surface area contributed by atoms with E-state index in [9.17, 15) is 4.79 Å². The quantitative estimate of drug-likeness (QED) is 0.869. The first-order valence-corrected chi connectivity index (χ1v) is 9.83. The standard InChI is InChI=1S/C21H28N4O/c22-20-16-5-4-6-17(20)12-18(11-16)21(26)23-10-9-15-13-24-25(14-15)19-7-2-1-3-8-19/h1-3,7-8,13-14,16-18,20H,4-6,9-12,22H2,(H,23,26). The number of amides is 1. The Morgan fingerprint density at radius 1 is 1.19 bits per heavy atom. The molecular formula is C21H28N4O. The topological polar surface area (TPSA) is 72.9 Å². The maximum Gasteiger partial charge on any atom is 0.223 e. The highest BCUT2D eigenvalue weighted by Crippen LogP contribution is 2.41. The molecule has 2 atom stereocenters. The van der Waals surface area contributed by atoms with Gasteiger partial charge in [0.05, 0.1) is 11.9 Å². The van der Waals surface area contributed by atoms with Gasteiger partial charge < -0.3 is 11.1 Å². The van der Waals surface area contributed by atoms with E-state index in [-0.39, 0.29) is 11.8 Å². The number of carbonyl (C=O) groups excluding carboxylic acids is 1. The van der Waals surface area contributed by atoms with Crippen LogP contribution in [0.5, 0.6) is 0 Å². The molecule has 3 N–H and O–H groups in total. The van der Waals surface area contributed by atoms with Crippen molar-refractivity contribution in [3.8, 4) is 5.69 Å². The van der Waals surface area contributed by atoms with Crippen molar-refractivity contribution in [2.75, 3.05) is 6.54 Å². The van der Waals surface area contributed by atoms with Crippen LogP contribution in [0.3, 0.4) is 0 Å². The van der Waals surface area contributed by atoms with Gasteiger partial charge in [-0.15, -0.1) is 0 Å². The van der Waals surface area contributed by atoms with Gasteiger partial charge in [0.2, 0.25) is 5.91 Å². The third kappa shape index (κ3) is 3.68. The number of nitrogens with one attached hydrogen (secondary N) is 1. The molecule has 138 valence electrons. The monoisotopic (exact) mass is 352 g/mol. The second kappa shape index (κ2) is 7.62. The zero-order valence-electron chi connectivity index (χ0n) is 15.2. The van der Waals surface area contributed by atoms with Gasteiger partial charge in [0.1, 0.15) is 0 Å². The number of hydrogen-bond donors (Lipinski definition) is 2. The SMILES string of the molecule is NC1C2CCCC1CC(C(=O)NCCc1cnn(-c3ccccc3)c1)C2. The number of benzene rings is 1. The Balaban J connectivity index is 1.27. The van der Waals surface area contributed by atoms with E-state index in [0.29, 0.717) is 24.4 Å². The molecule has 1 amide bonds. The fourth-order valence-corrected chi connectivity index (χ4v) is 4.69. The van der Waals surface area contributed by atoms with Crippen molar-refractivity contribution in [3.63, 3.8) is 0 Å². The maximum atomic E-state index is 12.6. The molecule has 2 saturated carbocycles. The molecule has 0 radical (unpaired) electrons. The summed E-state index contributed by atoms with van der Waals surface area (Å²) in [5.41, 5.74) is 8.52. The number of carbonyl (C=O) groups is 1. The second-order valence-electron chi connectivity index (χ2n) is 7.87. The molecule has 2 unspecified atom stereocenters. The van der Waals surface area contributed by atoms with Crippen LogP contribution in [0.1, 0.15) is 37.7 Å². The molecule has 2 aliphatic carbocycles. The summed E-state index contributed by atoms with van der Waals surface area (Å²) < 4.78 is 1.88. The van der Waals surface area contributed by atoms with Crippen LogP contribution in [0.2, 0.25) is 0 Å². The fourth-order valence-electron chi connectivity index (χ4n) is 4.69. The summed E-state index contributed by atoms with van der Waals surface area (Å²) in [4.78, 5) is 12.6. The van der Waals surface area contributed by atoms with Gasteiger partial charge in [0.25, 0.3) is 0 Å². The van der Waals surface area contributed by atoms with E-state index in [1.54, 1.807) is 0 Å². The highest BCUT2D eigenvalue weighted by atomic mass is 16.1. The lowest BCUT2D eigenvalue weighted by Crippen LogP contribution is -2.49. The minimum atomic E-state index is 0.150. The van der Waals surface area contributed by atoms with Gasteiger partial charge in [0, 0.05) is 24.7 Å². The Labute approximate surface area is 155 Å². The number of aromatic nitrogens is 2. The van der Waals surface area contributed by atoms with Crippen LogP contribution in [0.15, 0.2) is 42.7 Å². The van der Waals surface area contributed by atoms with Gasteiger partial charge >= 0.3 is 0 Å². The fraction of sp³-hybridized carbons (Fsp3) is 0.524. The lowest BCUT2D eigenvalue weighted by molar-refractivity contribution is -0.127. The lowest BCUT2D eigenvalue weighted by atomic mass is 9.65. The highest BCUT2D eigenvalue weighted by molar-refractivity contribution is 5.78. The van der Waals surface area contributed by atoms with Crippen LogP contribution in [-0.4, -0.2) is 28.3 Å². The molecular weight excluding hydrogens is 324 g/mol.